The first-order valence-corrected chi connectivity index (χ1v) is 6.56. The molecule has 3 aromatic rings. The predicted molar refractivity (Wildman–Crippen MR) is 81.3 cm³/mol. The third-order valence-electron chi connectivity index (χ3n) is 3.31. The molecule has 0 bridgehead atoms. The summed E-state index contributed by atoms with van der Waals surface area (Å²) in [6.07, 6.45) is 1.87. The van der Waals surface area contributed by atoms with Crippen molar-refractivity contribution in [1.29, 1.82) is 0 Å². The van der Waals surface area contributed by atoms with Gasteiger partial charge in [0, 0.05) is 16.8 Å². The van der Waals surface area contributed by atoms with Gasteiger partial charge < -0.3 is 10.5 Å². The zero-order chi connectivity index (χ0) is 14.3. The normalized spacial score (nSPS) is 10.9. The van der Waals surface area contributed by atoms with Crippen molar-refractivity contribution in [1.82, 2.24) is 9.38 Å². The summed E-state index contributed by atoms with van der Waals surface area (Å²) in [4.78, 5) is 4.61. The summed E-state index contributed by atoms with van der Waals surface area (Å²) in [6, 6.07) is 9.41. The van der Waals surface area contributed by atoms with Crippen LogP contribution in [-0.4, -0.2) is 16.5 Å². The highest BCUT2D eigenvalue weighted by molar-refractivity contribution is 6.30. The smallest absolute Gasteiger partial charge is 0.181 e. The number of hydrogen-bond acceptors (Lipinski definition) is 3. The van der Waals surface area contributed by atoms with Crippen molar-refractivity contribution in [2.45, 2.75) is 6.92 Å². The van der Waals surface area contributed by atoms with Crippen molar-refractivity contribution in [3.63, 3.8) is 0 Å². The number of rotatable bonds is 2. The van der Waals surface area contributed by atoms with Gasteiger partial charge in [-0.05, 0) is 36.8 Å². The number of anilines is 1. The van der Waals surface area contributed by atoms with Crippen LogP contribution in [0.3, 0.4) is 0 Å². The third-order valence-corrected chi connectivity index (χ3v) is 3.55. The van der Waals surface area contributed by atoms with Crippen LogP contribution in [0.2, 0.25) is 5.02 Å². The quantitative estimate of drug-likeness (QED) is 0.784. The van der Waals surface area contributed by atoms with E-state index in [9.17, 15) is 0 Å². The first-order valence-electron chi connectivity index (χ1n) is 6.19. The number of nitrogens with two attached hydrogens (primary N) is 1. The highest BCUT2D eigenvalue weighted by atomic mass is 35.5. The first kappa shape index (κ1) is 12.8. The SMILES string of the molecule is COc1cccn2c(N)c(-c3ccc(Cl)cc3C)nc12. The molecule has 0 aliphatic rings. The minimum absolute atomic E-state index is 0.587. The Morgan fingerprint density at radius 1 is 1.30 bits per heavy atom. The number of halogens is 1. The third kappa shape index (κ3) is 1.89. The molecule has 0 amide bonds. The summed E-state index contributed by atoms with van der Waals surface area (Å²) < 4.78 is 7.14. The average molecular weight is 288 g/mol. The van der Waals surface area contributed by atoms with E-state index in [0.29, 0.717) is 22.2 Å². The van der Waals surface area contributed by atoms with Crippen molar-refractivity contribution in [3.05, 3.63) is 47.1 Å². The molecule has 2 aromatic heterocycles. The lowest BCUT2D eigenvalue weighted by Crippen LogP contribution is -1.95. The highest BCUT2D eigenvalue weighted by Crippen LogP contribution is 2.32. The van der Waals surface area contributed by atoms with Gasteiger partial charge in [-0.2, -0.15) is 0 Å². The summed E-state index contributed by atoms with van der Waals surface area (Å²) in [6.45, 7) is 1.99. The fourth-order valence-electron chi connectivity index (χ4n) is 2.31. The molecule has 0 spiro atoms. The number of nitrogens with zero attached hydrogens (tertiary/aromatic N) is 2. The van der Waals surface area contributed by atoms with Gasteiger partial charge in [-0.3, -0.25) is 4.40 Å². The lowest BCUT2D eigenvalue weighted by molar-refractivity contribution is 0.417. The summed E-state index contributed by atoms with van der Waals surface area (Å²) in [5, 5.41) is 0.700. The molecule has 0 radical (unpaired) electrons. The standard InChI is InChI=1S/C15H14ClN3O/c1-9-8-10(16)5-6-11(9)13-14(17)19-7-3-4-12(20-2)15(19)18-13/h3-8H,17H2,1-2H3. The number of aromatic nitrogens is 2. The van der Waals surface area contributed by atoms with Crippen LogP contribution in [0.4, 0.5) is 5.82 Å². The maximum absolute atomic E-state index is 6.21. The number of hydrogen-bond donors (Lipinski definition) is 1. The van der Waals surface area contributed by atoms with Gasteiger partial charge in [0.25, 0.3) is 0 Å². The Hall–Kier alpha value is -2.20. The molecule has 0 unspecified atom stereocenters. The first-order chi connectivity index (χ1) is 9.61. The van der Waals surface area contributed by atoms with Gasteiger partial charge in [-0.25, -0.2) is 4.98 Å². The number of nitrogen functional groups attached to an aromatic ring is 1. The molecule has 4 nitrogen and oxygen atoms in total. The van der Waals surface area contributed by atoms with E-state index in [1.807, 2.05) is 47.9 Å². The molecule has 2 heterocycles. The van der Waals surface area contributed by atoms with Gasteiger partial charge in [-0.15, -0.1) is 0 Å². The zero-order valence-corrected chi connectivity index (χ0v) is 12.0. The van der Waals surface area contributed by atoms with E-state index in [0.717, 1.165) is 16.8 Å². The van der Waals surface area contributed by atoms with Crippen molar-refractivity contribution in [2.24, 2.45) is 0 Å². The number of pyridine rings is 1. The van der Waals surface area contributed by atoms with Crippen molar-refractivity contribution < 1.29 is 4.74 Å². The van der Waals surface area contributed by atoms with Gasteiger partial charge in [0.1, 0.15) is 11.5 Å². The van der Waals surface area contributed by atoms with Crippen LogP contribution in [0.1, 0.15) is 5.56 Å². The summed E-state index contributed by atoms with van der Waals surface area (Å²) in [7, 11) is 1.62. The predicted octanol–water partition coefficient (Wildman–Crippen LogP) is 3.55. The zero-order valence-electron chi connectivity index (χ0n) is 11.2. The van der Waals surface area contributed by atoms with E-state index in [2.05, 4.69) is 4.98 Å². The molecule has 1 aromatic carbocycles. The number of aryl methyl sites for hydroxylation is 1. The number of methoxy groups -OCH3 is 1. The van der Waals surface area contributed by atoms with Crippen LogP contribution < -0.4 is 10.5 Å². The Balaban J connectivity index is 2.29. The largest absolute Gasteiger partial charge is 0.493 e. The number of imidazole rings is 1. The molecule has 0 saturated heterocycles. The highest BCUT2D eigenvalue weighted by Gasteiger charge is 2.15. The molecule has 0 aliphatic carbocycles. The van der Waals surface area contributed by atoms with E-state index >= 15 is 0 Å². The molecule has 3 rings (SSSR count). The summed E-state index contributed by atoms with van der Waals surface area (Å²) in [5.41, 5.74) is 9.66. The van der Waals surface area contributed by atoms with Crippen LogP contribution in [0, 0.1) is 6.92 Å². The Labute approximate surface area is 121 Å². The molecule has 2 N–H and O–H groups in total. The second kappa shape index (κ2) is 4.72. The minimum Gasteiger partial charge on any atom is -0.493 e. The van der Waals surface area contributed by atoms with E-state index < -0.39 is 0 Å². The maximum Gasteiger partial charge on any atom is 0.181 e. The Morgan fingerprint density at radius 3 is 2.80 bits per heavy atom. The van der Waals surface area contributed by atoms with Crippen LogP contribution in [-0.2, 0) is 0 Å². The van der Waals surface area contributed by atoms with Gasteiger partial charge in [0.2, 0.25) is 0 Å². The molecule has 102 valence electrons. The monoisotopic (exact) mass is 287 g/mol. The molecular weight excluding hydrogens is 274 g/mol. The fraction of sp³-hybridized carbons (Fsp3) is 0.133. The van der Waals surface area contributed by atoms with Crippen molar-refractivity contribution >= 4 is 23.1 Å². The second-order valence-corrected chi connectivity index (χ2v) is 5.01. The van der Waals surface area contributed by atoms with E-state index in [-0.39, 0.29) is 0 Å². The lowest BCUT2D eigenvalue weighted by Gasteiger charge is -2.04. The lowest BCUT2D eigenvalue weighted by atomic mass is 10.1. The molecule has 5 heteroatoms. The summed E-state index contributed by atoms with van der Waals surface area (Å²) in [5.74, 6) is 1.28. The fourth-order valence-corrected chi connectivity index (χ4v) is 2.54. The average Bonchev–Trinajstić information content (AvgIpc) is 2.76. The van der Waals surface area contributed by atoms with E-state index in [4.69, 9.17) is 22.1 Å². The number of fused-ring (bicyclic) bond motifs is 1. The molecule has 0 atom stereocenters. The van der Waals surface area contributed by atoms with Gasteiger partial charge >= 0.3 is 0 Å². The van der Waals surface area contributed by atoms with E-state index in [1.165, 1.54) is 0 Å². The summed E-state index contributed by atoms with van der Waals surface area (Å²) >= 11 is 5.99. The topological polar surface area (TPSA) is 52.5 Å². The number of ether oxygens (including phenoxy) is 1. The molecular formula is C15H14ClN3O. The van der Waals surface area contributed by atoms with Crippen molar-refractivity contribution in [2.75, 3.05) is 12.8 Å². The van der Waals surface area contributed by atoms with Gasteiger partial charge in [0.05, 0.1) is 7.11 Å². The van der Waals surface area contributed by atoms with Gasteiger partial charge in [-0.1, -0.05) is 17.7 Å². The molecule has 20 heavy (non-hydrogen) atoms. The second-order valence-electron chi connectivity index (χ2n) is 4.58. The van der Waals surface area contributed by atoms with Crippen LogP contribution >= 0.6 is 11.6 Å². The minimum atomic E-state index is 0.587. The Bertz CT molecular complexity index is 795. The Morgan fingerprint density at radius 2 is 2.10 bits per heavy atom. The van der Waals surface area contributed by atoms with Crippen LogP contribution in [0.5, 0.6) is 5.75 Å². The number of benzene rings is 1. The molecule has 0 aliphatic heterocycles. The Kier molecular flexibility index (Phi) is 3.03. The molecule has 0 fully saturated rings. The molecule has 0 saturated carbocycles. The van der Waals surface area contributed by atoms with Crippen LogP contribution in [0.25, 0.3) is 16.9 Å². The van der Waals surface area contributed by atoms with Crippen LogP contribution in [0.15, 0.2) is 36.5 Å². The van der Waals surface area contributed by atoms with Crippen molar-refractivity contribution in [3.8, 4) is 17.0 Å². The maximum atomic E-state index is 6.21. The van der Waals surface area contributed by atoms with Gasteiger partial charge in [0.15, 0.2) is 11.4 Å². The van der Waals surface area contributed by atoms with E-state index in [1.54, 1.807) is 7.11 Å².